The maximum Gasteiger partial charge on any atom is 0.270 e. The van der Waals surface area contributed by atoms with Gasteiger partial charge in [-0.1, -0.05) is 6.07 Å². The van der Waals surface area contributed by atoms with E-state index in [4.69, 9.17) is 5.14 Å². The minimum atomic E-state index is -4.12. The van der Waals surface area contributed by atoms with Gasteiger partial charge in [-0.3, -0.25) is 14.7 Å². The number of rotatable bonds is 6. The second-order valence-electron chi connectivity index (χ2n) is 5.33. The van der Waals surface area contributed by atoms with E-state index < -0.39 is 14.9 Å². The molecule has 0 saturated carbocycles. The van der Waals surface area contributed by atoms with E-state index in [0.717, 1.165) is 11.6 Å². The molecule has 0 saturated heterocycles. The molecular weight excluding hydrogens is 360 g/mol. The molecule has 2 heterocycles. The van der Waals surface area contributed by atoms with E-state index in [-0.39, 0.29) is 22.8 Å². The molecule has 0 radical (unpaired) electrons. The normalized spacial score (nSPS) is 11.3. The number of aromatic nitrogens is 3. The van der Waals surface area contributed by atoms with Gasteiger partial charge in [-0.05, 0) is 17.7 Å². The molecule has 0 spiro atoms. The molecule has 3 rings (SSSR count). The molecule has 26 heavy (non-hydrogen) atoms. The molecule has 0 fully saturated rings. The van der Waals surface area contributed by atoms with Gasteiger partial charge in [0.15, 0.2) is 0 Å². The molecule has 3 aromatic rings. The molecule has 0 atom stereocenters. The topological polar surface area (TPSA) is 146 Å². The standard InChI is InChI=1S/C15H14N6O4S/c16-26(24,25)14-7-12(21(22)23)2-3-13(14)18-8-11-1-4-15(19-9-11)20-6-5-17-10-20/h1-7,9-10,18H,8H2,(H2,16,24,25). The van der Waals surface area contributed by atoms with Crippen molar-refractivity contribution >= 4 is 21.4 Å². The highest BCUT2D eigenvalue weighted by Crippen LogP contribution is 2.26. The molecule has 10 nitrogen and oxygen atoms in total. The molecule has 134 valence electrons. The second kappa shape index (κ2) is 6.90. The Hall–Kier alpha value is -3.31. The number of pyridine rings is 1. The van der Waals surface area contributed by atoms with Gasteiger partial charge in [0.05, 0.1) is 10.6 Å². The van der Waals surface area contributed by atoms with E-state index in [1.807, 2.05) is 6.07 Å². The lowest BCUT2D eigenvalue weighted by atomic mass is 10.2. The van der Waals surface area contributed by atoms with Crippen molar-refractivity contribution in [2.24, 2.45) is 5.14 Å². The number of hydrogen-bond donors (Lipinski definition) is 2. The molecule has 0 amide bonds. The molecule has 0 bridgehead atoms. The zero-order valence-corrected chi connectivity index (χ0v) is 14.1. The van der Waals surface area contributed by atoms with Crippen molar-refractivity contribution in [3.8, 4) is 5.82 Å². The summed E-state index contributed by atoms with van der Waals surface area (Å²) in [4.78, 5) is 18.0. The Morgan fingerprint density at radius 2 is 2.08 bits per heavy atom. The van der Waals surface area contributed by atoms with E-state index in [1.165, 1.54) is 12.1 Å². The average molecular weight is 374 g/mol. The van der Waals surface area contributed by atoms with Crippen LogP contribution in [0.4, 0.5) is 11.4 Å². The van der Waals surface area contributed by atoms with Gasteiger partial charge >= 0.3 is 0 Å². The highest BCUT2D eigenvalue weighted by molar-refractivity contribution is 7.89. The van der Waals surface area contributed by atoms with Gasteiger partial charge in [0.1, 0.15) is 17.0 Å². The van der Waals surface area contributed by atoms with Crippen LogP contribution in [0.15, 0.2) is 60.1 Å². The monoisotopic (exact) mass is 374 g/mol. The molecule has 0 aliphatic carbocycles. The second-order valence-corrected chi connectivity index (χ2v) is 6.86. The van der Waals surface area contributed by atoms with Gasteiger partial charge in [-0.25, -0.2) is 23.5 Å². The lowest BCUT2D eigenvalue weighted by molar-refractivity contribution is -0.385. The molecule has 0 unspecified atom stereocenters. The average Bonchev–Trinajstić information content (AvgIpc) is 3.14. The first kappa shape index (κ1) is 17.5. The largest absolute Gasteiger partial charge is 0.380 e. The highest BCUT2D eigenvalue weighted by atomic mass is 32.2. The number of primary sulfonamides is 1. The number of imidazole rings is 1. The summed E-state index contributed by atoms with van der Waals surface area (Å²) in [6.45, 7) is 0.261. The Morgan fingerprint density at radius 1 is 1.27 bits per heavy atom. The van der Waals surface area contributed by atoms with E-state index in [2.05, 4.69) is 15.3 Å². The van der Waals surface area contributed by atoms with Crippen molar-refractivity contribution in [2.45, 2.75) is 11.4 Å². The number of hydrogen-bond acceptors (Lipinski definition) is 7. The lowest BCUT2D eigenvalue weighted by Gasteiger charge is -2.11. The minimum absolute atomic E-state index is 0.178. The van der Waals surface area contributed by atoms with Crippen LogP contribution in [0.5, 0.6) is 0 Å². The highest BCUT2D eigenvalue weighted by Gasteiger charge is 2.18. The third-order valence-corrected chi connectivity index (χ3v) is 4.49. The molecule has 0 aliphatic heterocycles. The summed E-state index contributed by atoms with van der Waals surface area (Å²) < 4.78 is 25.2. The summed E-state index contributed by atoms with van der Waals surface area (Å²) in [5.41, 5.74) is 0.607. The summed E-state index contributed by atoms with van der Waals surface area (Å²) in [6, 6.07) is 7.05. The molecule has 0 aliphatic rings. The third kappa shape index (κ3) is 3.84. The zero-order valence-electron chi connectivity index (χ0n) is 13.3. The predicted octanol–water partition coefficient (Wildman–Crippen LogP) is 1.44. The first-order valence-electron chi connectivity index (χ1n) is 7.33. The number of nitrogens with two attached hydrogens (primary N) is 1. The van der Waals surface area contributed by atoms with Gasteiger partial charge in [0.25, 0.3) is 5.69 Å². The summed E-state index contributed by atoms with van der Waals surface area (Å²) in [5.74, 6) is 0.687. The van der Waals surface area contributed by atoms with E-state index >= 15 is 0 Å². The van der Waals surface area contributed by atoms with Crippen LogP contribution in [-0.4, -0.2) is 27.9 Å². The molecule has 1 aromatic carbocycles. The molecule has 3 N–H and O–H groups in total. The van der Waals surface area contributed by atoms with Gasteiger partial charge in [-0.2, -0.15) is 0 Å². The van der Waals surface area contributed by atoms with E-state index in [9.17, 15) is 18.5 Å². The van der Waals surface area contributed by atoms with Crippen LogP contribution in [-0.2, 0) is 16.6 Å². The lowest BCUT2D eigenvalue weighted by Crippen LogP contribution is -2.15. The number of anilines is 1. The number of nitrogens with zero attached hydrogens (tertiary/aromatic N) is 4. The fourth-order valence-corrected chi connectivity index (χ4v) is 3.00. The maximum absolute atomic E-state index is 11.7. The van der Waals surface area contributed by atoms with Gasteiger partial charge in [-0.15, -0.1) is 0 Å². The van der Waals surface area contributed by atoms with Crippen molar-refractivity contribution in [3.63, 3.8) is 0 Å². The van der Waals surface area contributed by atoms with Crippen molar-refractivity contribution in [1.29, 1.82) is 0 Å². The van der Waals surface area contributed by atoms with Crippen LogP contribution in [0.1, 0.15) is 5.56 Å². The summed E-state index contributed by atoms with van der Waals surface area (Å²) in [5, 5.41) is 18.9. The Morgan fingerprint density at radius 3 is 2.65 bits per heavy atom. The summed E-state index contributed by atoms with van der Waals surface area (Å²) in [7, 11) is -4.12. The predicted molar refractivity (Wildman–Crippen MR) is 93.2 cm³/mol. The molecule has 11 heteroatoms. The maximum atomic E-state index is 11.7. The quantitative estimate of drug-likeness (QED) is 0.490. The van der Waals surface area contributed by atoms with Crippen molar-refractivity contribution in [3.05, 3.63) is 70.9 Å². The third-order valence-electron chi connectivity index (χ3n) is 3.54. The van der Waals surface area contributed by atoms with Crippen LogP contribution in [0, 0.1) is 10.1 Å². The van der Waals surface area contributed by atoms with Crippen molar-refractivity contribution < 1.29 is 13.3 Å². The van der Waals surface area contributed by atoms with Gasteiger partial charge in [0.2, 0.25) is 10.0 Å². The Kier molecular flexibility index (Phi) is 4.65. The number of nitrogens with one attached hydrogen (secondary N) is 1. The molecule has 2 aromatic heterocycles. The number of benzene rings is 1. The number of sulfonamides is 1. The number of nitro benzene ring substituents is 1. The van der Waals surface area contributed by atoms with Gasteiger partial charge in [0, 0.05) is 37.3 Å². The summed E-state index contributed by atoms with van der Waals surface area (Å²) in [6.07, 6.45) is 6.65. The Labute approximate surface area is 148 Å². The van der Waals surface area contributed by atoms with E-state index in [0.29, 0.717) is 5.82 Å². The smallest absolute Gasteiger partial charge is 0.270 e. The van der Waals surface area contributed by atoms with Crippen molar-refractivity contribution in [1.82, 2.24) is 14.5 Å². The number of non-ortho nitro benzene ring substituents is 1. The van der Waals surface area contributed by atoms with Crippen LogP contribution >= 0.6 is 0 Å². The van der Waals surface area contributed by atoms with Gasteiger partial charge < -0.3 is 5.32 Å². The van der Waals surface area contributed by atoms with Crippen LogP contribution in [0.25, 0.3) is 5.82 Å². The number of nitro groups is 1. The fraction of sp³-hybridized carbons (Fsp3) is 0.0667. The van der Waals surface area contributed by atoms with E-state index in [1.54, 1.807) is 35.6 Å². The van der Waals surface area contributed by atoms with Crippen LogP contribution in [0.3, 0.4) is 0 Å². The SMILES string of the molecule is NS(=O)(=O)c1cc([N+](=O)[O-])ccc1NCc1ccc(-n2ccnc2)nc1. The fourth-order valence-electron chi connectivity index (χ4n) is 2.27. The zero-order chi connectivity index (χ0) is 18.7. The molecular formula is C15H14N6O4S. The first-order chi connectivity index (χ1) is 12.3. The van der Waals surface area contributed by atoms with Crippen LogP contribution < -0.4 is 10.5 Å². The Balaban J connectivity index is 1.80. The summed E-state index contributed by atoms with van der Waals surface area (Å²) >= 11 is 0. The van der Waals surface area contributed by atoms with Crippen LogP contribution in [0.2, 0.25) is 0 Å². The Bertz CT molecular complexity index is 1030. The van der Waals surface area contributed by atoms with Crippen molar-refractivity contribution in [2.75, 3.05) is 5.32 Å². The first-order valence-corrected chi connectivity index (χ1v) is 8.87. The minimum Gasteiger partial charge on any atom is -0.380 e.